The fourth-order valence-electron chi connectivity index (χ4n) is 2.48. The third-order valence-electron chi connectivity index (χ3n) is 3.42. The van der Waals surface area contributed by atoms with Crippen LogP contribution in [0.25, 0.3) is 5.13 Å². The zero-order valence-electron chi connectivity index (χ0n) is 11.5. The van der Waals surface area contributed by atoms with Crippen LogP contribution in [0.3, 0.4) is 0 Å². The molecule has 0 N–H and O–H groups in total. The normalized spacial score (nSPS) is 14.1. The Morgan fingerprint density at radius 3 is 3.00 bits per heavy atom. The summed E-state index contributed by atoms with van der Waals surface area (Å²) in [6.07, 6.45) is 3.47. The van der Waals surface area contributed by atoms with Crippen LogP contribution in [-0.4, -0.2) is 35.9 Å². The van der Waals surface area contributed by atoms with E-state index in [0.29, 0.717) is 0 Å². The molecule has 0 fully saturated rings. The highest BCUT2D eigenvalue weighted by Gasteiger charge is 2.20. The highest BCUT2D eigenvalue weighted by atomic mass is 32.2. The lowest BCUT2D eigenvalue weighted by Crippen LogP contribution is -2.13. The first-order chi connectivity index (χ1) is 10.2. The van der Waals surface area contributed by atoms with Crippen molar-refractivity contribution in [2.75, 3.05) is 5.75 Å². The number of aromatic nitrogens is 5. The summed E-state index contributed by atoms with van der Waals surface area (Å²) >= 11 is 3.29. The van der Waals surface area contributed by atoms with Crippen molar-refractivity contribution in [1.29, 1.82) is 0 Å². The molecule has 1 aliphatic rings. The van der Waals surface area contributed by atoms with E-state index in [1.54, 1.807) is 34.1 Å². The van der Waals surface area contributed by atoms with Crippen molar-refractivity contribution in [2.24, 2.45) is 5.10 Å². The first kappa shape index (κ1) is 12.8. The van der Waals surface area contributed by atoms with Crippen LogP contribution in [-0.2, 0) is 0 Å². The lowest BCUT2D eigenvalue weighted by molar-refractivity contribution is 0.756. The zero-order valence-corrected chi connectivity index (χ0v) is 13.1. The average molecular weight is 316 g/mol. The van der Waals surface area contributed by atoms with Crippen LogP contribution in [0.5, 0.6) is 0 Å². The molecule has 0 aliphatic carbocycles. The maximum atomic E-state index is 4.63. The molecule has 0 aromatic carbocycles. The quantitative estimate of drug-likeness (QED) is 0.729. The van der Waals surface area contributed by atoms with Crippen molar-refractivity contribution in [3.63, 3.8) is 0 Å². The van der Waals surface area contributed by atoms with Gasteiger partial charge in [0.1, 0.15) is 6.33 Å². The predicted molar refractivity (Wildman–Crippen MR) is 83.6 cm³/mol. The molecule has 21 heavy (non-hydrogen) atoms. The Balaban J connectivity index is 1.83. The number of hydrogen-bond donors (Lipinski definition) is 0. The van der Waals surface area contributed by atoms with Gasteiger partial charge in [0.15, 0.2) is 5.13 Å². The van der Waals surface area contributed by atoms with Crippen molar-refractivity contribution in [1.82, 2.24) is 24.4 Å². The number of fused-ring (bicyclic) bond motifs is 1. The van der Waals surface area contributed by atoms with Crippen molar-refractivity contribution < 1.29 is 0 Å². The summed E-state index contributed by atoms with van der Waals surface area (Å²) in [6.45, 7) is 4.21. The van der Waals surface area contributed by atoms with Gasteiger partial charge in [0.2, 0.25) is 5.16 Å². The number of nitrogens with zero attached hydrogens (tertiary/aromatic N) is 6. The average Bonchev–Trinajstić information content (AvgIpc) is 3.18. The van der Waals surface area contributed by atoms with Crippen molar-refractivity contribution in [3.05, 3.63) is 40.9 Å². The Hall–Kier alpha value is -1.93. The molecule has 0 radical (unpaired) electrons. The Kier molecular flexibility index (Phi) is 2.93. The molecule has 4 rings (SSSR count). The molecule has 0 unspecified atom stereocenters. The minimum absolute atomic E-state index is 0.806. The maximum absolute atomic E-state index is 4.63. The van der Waals surface area contributed by atoms with E-state index in [0.717, 1.165) is 27.3 Å². The maximum Gasteiger partial charge on any atom is 0.212 e. The second-order valence-corrected chi connectivity index (χ2v) is 6.54. The third-order valence-corrected chi connectivity index (χ3v) is 5.12. The second-order valence-electron chi connectivity index (χ2n) is 4.73. The lowest BCUT2D eigenvalue weighted by atomic mass is 10.1. The van der Waals surface area contributed by atoms with E-state index in [1.165, 1.54) is 11.4 Å². The molecule has 3 aromatic rings. The molecule has 106 valence electrons. The first-order valence-corrected chi connectivity index (χ1v) is 8.30. The van der Waals surface area contributed by atoms with Crippen LogP contribution in [0.15, 0.2) is 34.2 Å². The first-order valence-electron chi connectivity index (χ1n) is 6.44. The lowest BCUT2D eigenvalue weighted by Gasteiger charge is -2.12. The van der Waals surface area contributed by atoms with E-state index < -0.39 is 0 Å². The van der Waals surface area contributed by atoms with Gasteiger partial charge < -0.3 is 0 Å². The van der Waals surface area contributed by atoms with Gasteiger partial charge in [0.05, 0.1) is 5.71 Å². The van der Waals surface area contributed by atoms with Crippen LogP contribution >= 0.6 is 23.1 Å². The molecular weight excluding hydrogens is 304 g/mol. The number of rotatable bonds is 2. The fourth-order valence-corrected chi connectivity index (χ4v) is 4.04. The molecule has 0 amide bonds. The van der Waals surface area contributed by atoms with E-state index in [-0.39, 0.29) is 0 Å². The van der Waals surface area contributed by atoms with E-state index in [9.17, 15) is 0 Å². The summed E-state index contributed by atoms with van der Waals surface area (Å²) in [4.78, 5) is 4.41. The largest absolute Gasteiger partial charge is 0.294 e. The highest BCUT2D eigenvalue weighted by Crippen LogP contribution is 2.27. The minimum atomic E-state index is 0.806. The summed E-state index contributed by atoms with van der Waals surface area (Å²) in [6, 6.07) is 2.17. The molecule has 0 spiro atoms. The Labute approximate surface area is 129 Å². The summed E-state index contributed by atoms with van der Waals surface area (Å²) < 4.78 is 3.91. The van der Waals surface area contributed by atoms with Crippen LogP contribution in [0.1, 0.15) is 17.0 Å². The minimum Gasteiger partial charge on any atom is -0.294 e. The SMILES string of the molecule is Cc1cc(C2=Nn3cnnc3SC2)c(C)n1-c1nccs1. The number of aryl methyl sites for hydroxylation is 1. The molecule has 6 nitrogen and oxygen atoms in total. The van der Waals surface area contributed by atoms with Crippen molar-refractivity contribution in [2.45, 2.75) is 19.0 Å². The molecule has 0 bridgehead atoms. The Bertz CT molecular complexity index is 827. The predicted octanol–water partition coefficient (Wildman–Crippen LogP) is 2.50. The van der Waals surface area contributed by atoms with Crippen LogP contribution in [0.2, 0.25) is 0 Å². The fraction of sp³-hybridized carbons (Fsp3) is 0.231. The summed E-state index contributed by atoms with van der Waals surface area (Å²) in [7, 11) is 0. The van der Waals surface area contributed by atoms with Gasteiger partial charge in [-0.15, -0.1) is 21.5 Å². The molecule has 8 heteroatoms. The van der Waals surface area contributed by atoms with Gasteiger partial charge in [-0.05, 0) is 19.9 Å². The molecule has 0 saturated heterocycles. The highest BCUT2D eigenvalue weighted by molar-refractivity contribution is 7.99. The number of hydrogen-bond acceptors (Lipinski definition) is 6. The van der Waals surface area contributed by atoms with E-state index in [4.69, 9.17) is 0 Å². The molecule has 3 aromatic heterocycles. The van der Waals surface area contributed by atoms with E-state index in [2.05, 4.69) is 44.8 Å². The Morgan fingerprint density at radius 1 is 1.29 bits per heavy atom. The molecule has 1 aliphatic heterocycles. The van der Waals surface area contributed by atoms with Gasteiger partial charge >= 0.3 is 0 Å². The van der Waals surface area contributed by atoms with Gasteiger partial charge in [-0.25, -0.2) is 4.98 Å². The van der Waals surface area contributed by atoms with Gasteiger partial charge in [-0.2, -0.15) is 9.78 Å². The van der Waals surface area contributed by atoms with Crippen LogP contribution in [0, 0.1) is 13.8 Å². The standard InChI is InChI=1S/C13H12N6S2/c1-8-5-10(9(2)19(8)12-14-3-4-20-12)11-6-21-13-16-15-7-18(13)17-11/h3-5,7H,6H2,1-2H3. The van der Waals surface area contributed by atoms with Crippen molar-refractivity contribution >= 4 is 28.8 Å². The van der Waals surface area contributed by atoms with Crippen LogP contribution in [0.4, 0.5) is 0 Å². The van der Waals surface area contributed by atoms with Gasteiger partial charge in [-0.1, -0.05) is 11.8 Å². The van der Waals surface area contributed by atoms with Gasteiger partial charge in [0, 0.05) is 34.3 Å². The van der Waals surface area contributed by atoms with Gasteiger partial charge in [-0.3, -0.25) is 4.57 Å². The summed E-state index contributed by atoms with van der Waals surface area (Å²) in [5.41, 5.74) is 4.54. The van der Waals surface area contributed by atoms with E-state index >= 15 is 0 Å². The second kappa shape index (κ2) is 4.81. The zero-order chi connectivity index (χ0) is 14.4. The van der Waals surface area contributed by atoms with Crippen molar-refractivity contribution in [3.8, 4) is 5.13 Å². The topological polar surface area (TPSA) is 60.9 Å². The van der Waals surface area contributed by atoms with Gasteiger partial charge in [0.25, 0.3) is 0 Å². The summed E-state index contributed by atoms with van der Waals surface area (Å²) in [5, 5.41) is 16.4. The third kappa shape index (κ3) is 2.02. The molecule has 4 heterocycles. The molecule has 0 atom stereocenters. The monoisotopic (exact) mass is 316 g/mol. The Morgan fingerprint density at radius 2 is 2.19 bits per heavy atom. The number of thiazole rings is 1. The van der Waals surface area contributed by atoms with E-state index in [1.807, 2.05) is 11.6 Å². The summed E-state index contributed by atoms with van der Waals surface area (Å²) in [5.74, 6) is 0.806. The smallest absolute Gasteiger partial charge is 0.212 e. The van der Waals surface area contributed by atoms with Crippen LogP contribution < -0.4 is 0 Å². The number of thioether (sulfide) groups is 1. The molecular formula is C13H12N6S2. The molecule has 0 saturated carbocycles.